The molecule has 3 aliphatic carbocycles. The molecule has 3 aliphatic rings. The van der Waals surface area contributed by atoms with Crippen molar-refractivity contribution >= 4 is 15.9 Å². The highest BCUT2D eigenvalue weighted by atomic mass is 79.9. The molecular weight excluding hydrogens is 200 g/mol. The van der Waals surface area contributed by atoms with Crippen molar-refractivity contribution in [1.82, 2.24) is 0 Å². The maximum atomic E-state index is 3.80. The molecule has 0 saturated heterocycles. The lowest BCUT2D eigenvalue weighted by Gasteiger charge is -2.27. The van der Waals surface area contributed by atoms with Gasteiger partial charge in [-0.2, -0.15) is 0 Å². The molecule has 0 N–H and O–H groups in total. The quantitative estimate of drug-likeness (QED) is 0.428. The van der Waals surface area contributed by atoms with Crippen LogP contribution in [-0.2, 0) is 0 Å². The first-order valence-corrected chi connectivity index (χ1v) is 5.58. The van der Waals surface area contributed by atoms with E-state index in [1.54, 1.807) is 0 Å². The smallest absolute Gasteiger partial charge is 0.0182 e. The van der Waals surface area contributed by atoms with Crippen molar-refractivity contribution in [3.8, 4) is 0 Å². The highest BCUT2D eigenvalue weighted by molar-refractivity contribution is 9.09. The molecule has 2 fully saturated rings. The predicted molar refractivity (Wildman–Crippen MR) is 49.7 cm³/mol. The van der Waals surface area contributed by atoms with Crippen LogP contribution in [0.1, 0.15) is 19.3 Å². The average molecular weight is 213 g/mol. The molecule has 0 aromatic heterocycles. The maximum Gasteiger partial charge on any atom is 0.0182 e. The second-order valence-electron chi connectivity index (χ2n) is 4.32. The summed E-state index contributed by atoms with van der Waals surface area (Å²) in [6, 6.07) is 0. The van der Waals surface area contributed by atoms with Gasteiger partial charge in [-0.3, -0.25) is 0 Å². The molecule has 0 nitrogen and oxygen atoms in total. The molecule has 5 atom stereocenters. The lowest BCUT2D eigenvalue weighted by molar-refractivity contribution is 0.294. The molecule has 0 amide bonds. The number of hydrogen-bond acceptors (Lipinski definition) is 0. The van der Waals surface area contributed by atoms with Crippen molar-refractivity contribution < 1.29 is 0 Å². The molecule has 1 heteroatoms. The second-order valence-corrected chi connectivity index (χ2v) is 5.49. The first-order chi connectivity index (χ1) is 5.36. The summed E-state index contributed by atoms with van der Waals surface area (Å²) >= 11 is 3.80. The maximum absolute atomic E-state index is 3.80. The second kappa shape index (κ2) is 2.12. The normalized spacial score (nSPS) is 58.8. The van der Waals surface area contributed by atoms with Crippen LogP contribution in [0.25, 0.3) is 0 Å². The fourth-order valence-electron chi connectivity index (χ4n) is 3.46. The molecule has 0 aliphatic heterocycles. The Balaban J connectivity index is 1.94. The summed E-state index contributed by atoms with van der Waals surface area (Å²) in [5, 5.41) is 0. The fourth-order valence-corrected chi connectivity index (χ4v) is 4.51. The SMILES string of the molecule is Br[C@@H]1C[C@H]2C[C@H]1[C@H]1C=CC[C@@H]21. The number of fused-ring (bicyclic) bond motifs is 5. The Kier molecular flexibility index (Phi) is 1.30. The van der Waals surface area contributed by atoms with Crippen LogP contribution in [0.5, 0.6) is 0 Å². The van der Waals surface area contributed by atoms with Crippen LogP contribution in [-0.4, -0.2) is 4.83 Å². The van der Waals surface area contributed by atoms with Gasteiger partial charge >= 0.3 is 0 Å². The molecule has 2 bridgehead atoms. The van der Waals surface area contributed by atoms with Crippen molar-refractivity contribution in [2.75, 3.05) is 0 Å². The van der Waals surface area contributed by atoms with Gasteiger partial charge in [0.2, 0.25) is 0 Å². The van der Waals surface area contributed by atoms with Crippen LogP contribution in [0, 0.1) is 23.7 Å². The summed E-state index contributed by atoms with van der Waals surface area (Å²) in [7, 11) is 0. The number of halogens is 1. The summed E-state index contributed by atoms with van der Waals surface area (Å²) in [4.78, 5) is 0.844. The van der Waals surface area contributed by atoms with Crippen LogP contribution in [0.2, 0.25) is 0 Å². The van der Waals surface area contributed by atoms with E-state index < -0.39 is 0 Å². The van der Waals surface area contributed by atoms with Gasteiger partial charge in [-0.1, -0.05) is 28.1 Å². The van der Waals surface area contributed by atoms with Gasteiger partial charge < -0.3 is 0 Å². The van der Waals surface area contributed by atoms with E-state index in [0.717, 1.165) is 28.5 Å². The number of hydrogen-bond donors (Lipinski definition) is 0. The zero-order valence-corrected chi connectivity index (χ0v) is 8.13. The standard InChI is InChI=1S/C10H13Br/c11-10-5-6-4-9(10)8-3-1-2-7(6)8/h1,3,6-10H,2,4-5H2/t6-,7+,8+,9+,10-/m1/s1. The Morgan fingerprint density at radius 3 is 3.00 bits per heavy atom. The van der Waals surface area contributed by atoms with Crippen LogP contribution < -0.4 is 0 Å². The van der Waals surface area contributed by atoms with Gasteiger partial charge in [0.05, 0.1) is 0 Å². The summed E-state index contributed by atoms with van der Waals surface area (Å²) in [6.07, 6.45) is 9.22. The highest BCUT2D eigenvalue weighted by Crippen LogP contribution is 2.58. The molecule has 0 spiro atoms. The van der Waals surface area contributed by atoms with Gasteiger partial charge in [-0.25, -0.2) is 0 Å². The lowest BCUT2D eigenvalue weighted by Crippen LogP contribution is -2.24. The molecule has 0 aromatic carbocycles. The zero-order chi connectivity index (χ0) is 7.42. The van der Waals surface area contributed by atoms with Gasteiger partial charge in [0.25, 0.3) is 0 Å². The highest BCUT2D eigenvalue weighted by Gasteiger charge is 2.51. The average Bonchev–Trinajstić information content (AvgIpc) is 2.52. The molecular formula is C10H13Br. The molecule has 60 valence electrons. The first-order valence-electron chi connectivity index (χ1n) is 4.67. The third-order valence-corrected chi connectivity index (χ3v) is 4.98. The van der Waals surface area contributed by atoms with Crippen molar-refractivity contribution in [2.24, 2.45) is 23.7 Å². The number of alkyl halides is 1. The molecule has 0 unspecified atom stereocenters. The monoisotopic (exact) mass is 212 g/mol. The van der Waals surface area contributed by atoms with E-state index >= 15 is 0 Å². The molecule has 0 heterocycles. The van der Waals surface area contributed by atoms with Crippen molar-refractivity contribution in [3.63, 3.8) is 0 Å². The van der Waals surface area contributed by atoms with E-state index in [0.29, 0.717) is 0 Å². The third kappa shape index (κ3) is 0.756. The Morgan fingerprint density at radius 2 is 2.09 bits per heavy atom. The topological polar surface area (TPSA) is 0 Å². The van der Waals surface area contributed by atoms with Gasteiger partial charge in [-0.15, -0.1) is 0 Å². The van der Waals surface area contributed by atoms with E-state index in [1.807, 2.05) is 0 Å². The molecule has 0 radical (unpaired) electrons. The summed E-state index contributed by atoms with van der Waals surface area (Å²) in [6.45, 7) is 0. The number of rotatable bonds is 0. The number of allylic oxidation sites excluding steroid dienone is 2. The van der Waals surface area contributed by atoms with E-state index in [4.69, 9.17) is 0 Å². The van der Waals surface area contributed by atoms with E-state index in [-0.39, 0.29) is 0 Å². The third-order valence-electron chi connectivity index (χ3n) is 3.93. The van der Waals surface area contributed by atoms with Crippen LogP contribution in [0.3, 0.4) is 0 Å². The predicted octanol–water partition coefficient (Wildman–Crippen LogP) is 2.98. The minimum atomic E-state index is 0.844. The van der Waals surface area contributed by atoms with Gasteiger partial charge in [0.15, 0.2) is 0 Å². The minimum absolute atomic E-state index is 0.844. The zero-order valence-electron chi connectivity index (χ0n) is 6.54. The fraction of sp³-hybridized carbons (Fsp3) is 0.800. The summed E-state index contributed by atoms with van der Waals surface area (Å²) < 4.78 is 0. The molecule has 11 heavy (non-hydrogen) atoms. The van der Waals surface area contributed by atoms with Crippen molar-refractivity contribution in [1.29, 1.82) is 0 Å². The van der Waals surface area contributed by atoms with Gasteiger partial charge in [-0.05, 0) is 42.9 Å². The molecule has 3 rings (SSSR count). The Bertz CT molecular complexity index is 209. The first kappa shape index (κ1) is 6.71. The van der Waals surface area contributed by atoms with Gasteiger partial charge in [0, 0.05) is 4.83 Å². The summed E-state index contributed by atoms with van der Waals surface area (Å²) in [5.74, 6) is 4.06. The molecule has 2 saturated carbocycles. The lowest BCUT2D eigenvalue weighted by atomic mass is 9.81. The Labute approximate surface area is 76.2 Å². The largest absolute Gasteiger partial charge is 0.0887 e. The molecule has 0 aromatic rings. The van der Waals surface area contributed by atoms with E-state index in [2.05, 4.69) is 28.1 Å². The van der Waals surface area contributed by atoms with Crippen molar-refractivity contribution in [3.05, 3.63) is 12.2 Å². The summed E-state index contributed by atoms with van der Waals surface area (Å²) in [5.41, 5.74) is 0. The van der Waals surface area contributed by atoms with Crippen LogP contribution in [0.4, 0.5) is 0 Å². The van der Waals surface area contributed by atoms with E-state index in [9.17, 15) is 0 Å². The van der Waals surface area contributed by atoms with Crippen LogP contribution in [0.15, 0.2) is 12.2 Å². The Morgan fingerprint density at radius 1 is 1.18 bits per heavy atom. The van der Waals surface area contributed by atoms with E-state index in [1.165, 1.54) is 19.3 Å². The van der Waals surface area contributed by atoms with Crippen molar-refractivity contribution in [2.45, 2.75) is 24.1 Å². The Hall–Kier alpha value is 0.220. The van der Waals surface area contributed by atoms with Gasteiger partial charge in [0.1, 0.15) is 0 Å². The van der Waals surface area contributed by atoms with Crippen LogP contribution >= 0.6 is 15.9 Å². The minimum Gasteiger partial charge on any atom is -0.0887 e.